The predicted octanol–water partition coefficient (Wildman–Crippen LogP) is 2.84. The molecule has 1 amide bonds. The van der Waals surface area contributed by atoms with Crippen molar-refractivity contribution in [3.63, 3.8) is 0 Å². The lowest BCUT2D eigenvalue weighted by Gasteiger charge is -2.33. The van der Waals surface area contributed by atoms with Gasteiger partial charge in [-0.25, -0.2) is 0 Å². The predicted molar refractivity (Wildman–Crippen MR) is 88.1 cm³/mol. The lowest BCUT2D eigenvalue weighted by molar-refractivity contribution is -0.137. The van der Waals surface area contributed by atoms with Gasteiger partial charge in [0.15, 0.2) is 5.76 Å². The van der Waals surface area contributed by atoms with Crippen molar-refractivity contribution in [1.82, 2.24) is 4.90 Å². The van der Waals surface area contributed by atoms with Crippen LogP contribution in [0.5, 0.6) is 0 Å². The van der Waals surface area contributed by atoms with Crippen LogP contribution in [-0.4, -0.2) is 47.7 Å². The van der Waals surface area contributed by atoms with Gasteiger partial charge in [-0.1, -0.05) is 18.2 Å². The third-order valence-corrected chi connectivity index (χ3v) is 4.50. The summed E-state index contributed by atoms with van der Waals surface area (Å²) in [5.74, 6) is -0.855. The number of rotatable bonds is 5. The second-order valence-electron chi connectivity index (χ2n) is 6.04. The van der Waals surface area contributed by atoms with E-state index in [-0.39, 0.29) is 24.9 Å². The van der Waals surface area contributed by atoms with Gasteiger partial charge in [-0.05, 0) is 25.8 Å². The van der Waals surface area contributed by atoms with Crippen LogP contribution in [0.4, 0.5) is 0 Å². The van der Waals surface area contributed by atoms with Crippen molar-refractivity contribution >= 4 is 22.8 Å². The Labute approximate surface area is 140 Å². The Hall–Kier alpha value is -2.34. The smallest absolute Gasteiger partial charge is 0.305 e. The first-order chi connectivity index (χ1) is 11.6. The molecular weight excluding hydrogens is 310 g/mol. The van der Waals surface area contributed by atoms with E-state index < -0.39 is 5.97 Å². The lowest BCUT2D eigenvalue weighted by Crippen LogP contribution is -2.44. The highest BCUT2D eigenvalue weighted by atomic mass is 16.5. The molecule has 1 saturated heterocycles. The number of para-hydroxylation sites is 1. The first-order valence-corrected chi connectivity index (χ1v) is 8.16. The van der Waals surface area contributed by atoms with E-state index in [1.54, 1.807) is 4.90 Å². The van der Waals surface area contributed by atoms with Gasteiger partial charge in [0.25, 0.3) is 5.91 Å². The van der Waals surface area contributed by atoms with Crippen LogP contribution in [0.1, 0.15) is 35.4 Å². The molecule has 1 aromatic carbocycles. The minimum Gasteiger partial charge on any atom is -0.481 e. The SMILES string of the molecule is Cc1c(C(=O)N(CCC(=O)O)C2CCOCC2)oc2ccccc12. The van der Waals surface area contributed by atoms with Crippen molar-refractivity contribution in [2.75, 3.05) is 19.8 Å². The molecule has 0 radical (unpaired) electrons. The first kappa shape index (κ1) is 16.5. The molecule has 0 saturated carbocycles. The Morgan fingerprint density at radius 1 is 1.25 bits per heavy atom. The summed E-state index contributed by atoms with van der Waals surface area (Å²) in [7, 11) is 0. The summed E-state index contributed by atoms with van der Waals surface area (Å²) in [6.45, 7) is 3.20. The summed E-state index contributed by atoms with van der Waals surface area (Å²) in [5.41, 5.74) is 1.46. The van der Waals surface area contributed by atoms with Crippen LogP contribution in [0.2, 0.25) is 0 Å². The van der Waals surface area contributed by atoms with Crippen LogP contribution in [0, 0.1) is 6.92 Å². The Balaban J connectivity index is 1.90. The highest BCUT2D eigenvalue weighted by molar-refractivity contribution is 5.99. The van der Waals surface area contributed by atoms with Crippen LogP contribution in [0.3, 0.4) is 0 Å². The van der Waals surface area contributed by atoms with Crippen molar-refractivity contribution < 1.29 is 23.8 Å². The monoisotopic (exact) mass is 331 g/mol. The zero-order valence-corrected chi connectivity index (χ0v) is 13.7. The Morgan fingerprint density at radius 2 is 1.96 bits per heavy atom. The molecule has 1 aromatic heterocycles. The van der Waals surface area contributed by atoms with E-state index in [2.05, 4.69) is 0 Å². The number of fused-ring (bicyclic) bond motifs is 1. The fraction of sp³-hybridized carbons (Fsp3) is 0.444. The van der Waals surface area contributed by atoms with E-state index in [1.807, 2.05) is 31.2 Å². The maximum atomic E-state index is 13.0. The largest absolute Gasteiger partial charge is 0.481 e. The quantitative estimate of drug-likeness (QED) is 0.911. The van der Waals surface area contributed by atoms with Crippen molar-refractivity contribution in [1.29, 1.82) is 0 Å². The Kier molecular flexibility index (Phi) is 4.85. The van der Waals surface area contributed by atoms with E-state index in [9.17, 15) is 9.59 Å². The molecule has 1 N–H and O–H groups in total. The van der Waals surface area contributed by atoms with Gasteiger partial charge in [0, 0.05) is 36.8 Å². The number of ether oxygens (including phenoxy) is 1. The molecule has 1 aliphatic rings. The molecule has 2 aromatic rings. The fourth-order valence-corrected chi connectivity index (χ4v) is 3.17. The zero-order chi connectivity index (χ0) is 17.1. The van der Waals surface area contributed by atoms with Crippen molar-refractivity contribution in [2.45, 2.75) is 32.2 Å². The van der Waals surface area contributed by atoms with Crippen LogP contribution in [-0.2, 0) is 9.53 Å². The van der Waals surface area contributed by atoms with Crippen LogP contribution in [0.15, 0.2) is 28.7 Å². The molecule has 128 valence electrons. The molecule has 1 fully saturated rings. The average molecular weight is 331 g/mol. The second kappa shape index (κ2) is 7.05. The molecule has 3 rings (SSSR count). The molecular formula is C18H21NO5. The van der Waals surface area contributed by atoms with Crippen molar-refractivity contribution in [2.24, 2.45) is 0 Å². The minimum absolute atomic E-state index is 0.0155. The lowest BCUT2D eigenvalue weighted by atomic mass is 10.1. The molecule has 0 spiro atoms. The molecule has 6 heteroatoms. The van der Waals surface area contributed by atoms with Gasteiger partial charge in [0.05, 0.1) is 6.42 Å². The number of benzene rings is 1. The summed E-state index contributed by atoms with van der Waals surface area (Å²) in [6, 6.07) is 7.49. The minimum atomic E-state index is -0.916. The van der Waals surface area contributed by atoms with E-state index in [1.165, 1.54) is 0 Å². The van der Waals surface area contributed by atoms with E-state index >= 15 is 0 Å². The summed E-state index contributed by atoms with van der Waals surface area (Å²) in [5, 5.41) is 9.90. The zero-order valence-electron chi connectivity index (χ0n) is 13.7. The molecule has 0 aliphatic carbocycles. The second-order valence-corrected chi connectivity index (χ2v) is 6.04. The summed E-state index contributed by atoms with van der Waals surface area (Å²) < 4.78 is 11.1. The fourth-order valence-electron chi connectivity index (χ4n) is 3.17. The van der Waals surface area contributed by atoms with Crippen LogP contribution >= 0.6 is 0 Å². The molecule has 6 nitrogen and oxygen atoms in total. The Morgan fingerprint density at radius 3 is 2.62 bits per heavy atom. The van der Waals surface area contributed by atoms with Gasteiger partial charge in [-0.3, -0.25) is 9.59 Å². The number of aryl methyl sites for hydroxylation is 1. The molecule has 24 heavy (non-hydrogen) atoms. The van der Waals surface area contributed by atoms with E-state index in [0.717, 1.165) is 10.9 Å². The van der Waals surface area contributed by atoms with Gasteiger partial charge < -0.3 is 19.2 Å². The molecule has 1 aliphatic heterocycles. The molecule has 2 heterocycles. The van der Waals surface area contributed by atoms with Gasteiger partial charge >= 0.3 is 5.97 Å². The van der Waals surface area contributed by atoms with Crippen molar-refractivity contribution in [3.8, 4) is 0 Å². The van der Waals surface area contributed by atoms with Gasteiger partial charge in [0.2, 0.25) is 0 Å². The van der Waals surface area contributed by atoms with Crippen molar-refractivity contribution in [3.05, 3.63) is 35.6 Å². The number of carboxylic acids is 1. The normalized spacial score (nSPS) is 15.5. The summed E-state index contributed by atoms with van der Waals surface area (Å²) in [6.07, 6.45) is 1.34. The number of carbonyl (C=O) groups excluding carboxylic acids is 1. The number of amides is 1. The maximum Gasteiger partial charge on any atom is 0.305 e. The summed E-state index contributed by atoms with van der Waals surface area (Å²) in [4.78, 5) is 25.7. The van der Waals surface area contributed by atoms with Crippen LogP contribution in [0.25, 0.3) is 11.0 Å². The Bertz CT molecular complexity index is 745. The summed E-state index contributed by atoms with van der Waals surface area (Å²) >= 11 is 0. The highest BCUT2D eigenvalue weighted by Crippen LogP contribution is 2.27. The number of carbonyl (C=O) groups is 2. The molecule has 0 bridgehead atoms. The number of hydrogen-bond acceptors (Lipinski definition) is 4. The number of hydrogen-bond donors (Lipinski definition) is 1. The number of aliphatic carboxylic acids is 1. The third-order valence-electron chi connectivity index (χ3n) is 4.50. The third kappa shape index (κ3) is 3.28. The number of furan rings is 1. The standard InChI is InChI=1S/C18H21NO5/c1-12-14-4-2-3-5-15(14)24-17(12)18(22)19(9-6-16(20)21)13-7-10-23-11-8-13/h2-5,13H,6-11H2,1H3,(H,20,21). The van der Waals surface area contributed by atoms with Gasteiger partial charge in [-0.2, -0.15) is 0 Å². The molecule has 0 atom stereocenters. The number of carboxylic acid groups (broad SMARTS) is 1. The number of nitrogens with zero attached hydrogens (tertiary/aromatic N) is 1. The van der Waals surface area contributed by atoms with Crippen LogP contribution < -0.4 is 0 Å². The van der Waals surface area contributed by atoms with Gasteiger partial charge in [-0.15, -0.1) is 0 Å². The average Bonchev–Trinajstić information content (AvgIpc) is 2.93. The first-order valence-electron chi connectivity index (χ1n) is 8.16. The highest BCUT2D eigenvalue weighted by Gasteiger charge is 2.30. The maximum absolute atomic E-state index is 13.0. The van der Waals surface area contributed by atoms with E-state index in [4.69, 9.17) is 14.3 Å². The topological polar surface area (TPSA) is 80.0 Å². The molecule has 0 unspecified atom stereocenters. The van der Waals surface area contributed by atoms with E-state index in [0.29, 0.717) is 37.4 Å². The van der Waals surface area contributed by atoms with Gasteiger partial charge in [0.1, 0.15) is 5.58 Å².